The van der Waals surface area contributed by atoms with Crippen LogP contribution in [-0.2, 0) is 0 Å². The van der Waals surface area contributed by atoms with E-state index in [0.29, 0.717) is 11.6 Å². The molecule has 0 aliphatic heterocycles. The molecule has 4 rings (SSSR count). The lowest BCUT2D eigenvalue weighted by Crippen LogP contribution is -1.92. The largest absolute Gasteiger partial charge is 0.344 e. The Morgan fingerprint density at radius 3 is 2.47 bits per heavy atom. The number of rotatable bonds is 2. The summed E-state index contributed by atoms with van der Waals surface area (Å²) in [5.41, 5.74) is 2.63. The first-order chi connectivity index (χ1) is 9.34. The Labute approximate surface area is 111 Å². The lowest BCUT2D eigenvalue weighted by atomic mass is 10.0. The van der Waals surface area contributed by atoms with Gasteiger partial charge in [0.25, 0.3) is 0 Å². The van der Waals surface area contributed by atoms with E-state index in [1.807, 2.05) is 54.7 Å². The molecule has 1 saturated carbocycles. The molecule has 1 aromatic heterocycles. The van der Waals surface area contributed by atoms with Gasteiger partial charge in [-0.1, -0.05) is 30.3 Å². The molecule has 1 aliphatic rings. The average molecular weight is 251 g/mol. The molecule has 94 valence electrons. The molecule has 19 heavy (non-hydrogen) atoms. The minimum atomic E-state index is -0.108. The second-order valence-electron chi connectivity index (χ2n) is 5.18. The van der Waals surface area contributed by atoms with E-state index >= 15 is 0 Å². The van der Waals surface area contributed by atoms with E-state index in [2.05, 4.69) is 4.57 Å². The molecule has 3 aromatic rings. The number of nitrogens with zero attached hydrogens (tertiary/aromatic N) is 1. The highest BCUT2D eigenvalue weighted by Gasteiger charge is 2.25. The highest BCUT2D eigenvalue weighted by atomic mass is 19.1. The molecular formula is C17H14FN. The molecule has 1 heterocycles. The summed E-state index contributed by atoms with van der Waals surface area (Å²) in [6.45, 7) is 0. The van der Waals surface area contributed by atoms with Crippen LogP contribution >= 0.6 is 0 Å². The van der Waals surface area contributed by atoms with Crippen molar-refractivity contribution in [2.24, 2.45) is 0 Å². The zero-order valence-corrected chi connectivity index (χ0v) is 10.5. The van der Waals surface area contributed by atoms with Crippen LogP contribution in [0.4, 0.5) is 4.39 Å². The van der Waals surface area contributed by atoms with Gasteiger partial charge >= 0.3 is 0 Å². The Kier molecular flexibility index (Phi) is 2.25. The molecule has 0 atom stereocenters. The summed E-state index contributed by atoms with van der Waals surface area (Å²) < 4.78 is 16.8. The van der Waals surface area contributed by atoms with E-state index in [9.17, 15) is 4.39 Å². The van der Waals surface area contributed by atoms with Crippen molar-refractivity contribution >= 4 is 10.9 Å². The van der Waals surface area contributed by atoms with Gasteiger partial charge in [-0.2, -0.15) is 0 Å². The molecule has 1 fully saturated rings. The third kappa shape index (κ3) is 1.67. The fraction of sp³-hybridized carbons (Fsp3) is 0.176. The Morgan fingerprint density at radius 2 is 1.74 bits per heavy atom. The molecule has 0 radical (unpaired) electrons. The van der Waals surface area contributed by atoms with Gasteiger partial charge in [-0.05, 0) is 36.6 Å². The quantitative estimate of drug-likeness (QED) is 0.617. The maximum atomic E-state index is 14.6. The Balaban J connectivity index is 1.93. The smallest absolute Gasteiger partial charge is 0.140 e. The second-order valence-corrected chi connectivity index (χ2v) is 5.18. The van der Waals surface area contributed by atoms with E-state index < -0.39 is 0 Å². The number of halogens is 1. The van der Waals surface area contributed by atoms with Gasteiger partial charge < -0.3 is 4.57 Å². The van der Waals surface area contributed by atoms with Gasteiger partial charge in [0.2, 0.25) is 0 Å². The Bertz CT molecular complexity index is 739. The van der Waals surface area contributed by atoms with Crippen molar-refractivity contribution in [1.29, 1.82) is 0 Å². The summed E-state index contributed by atoms with van der Waals surface area (Å²) in [5, 5.41) is 0.730. The maximum Gasteiger partial charge on any atom is 0.140 e. The third-order valence-electron chi connectivity index (χ3n) is 3.86. The summed E-state index contributed by atoms with van der Waals surface area (Å²) in [6.07, 6.45) is 4.44. The van der Waals surface area contributed by atoms with Crippen LogP contribution in [-0.4, -0.2) is 4.57 Å². The SMILES string of the molecule is Fc1c(-c2ccccc2)ccc2c1ccn2C1CC1. The Morgan fingerprint density at radius 1 is 0.947 bits per heavy atom. The minimum Gasteiger partial charge on any atom is -0.344 e. The number of benzene rings is 2. The topological polar surface area (TPSA) is 4.93 Å². The summed E-state index contributed by atoms with van der Waals surface area (Å²) in [7, 11) is 0. The molecule has 1 aliphatic carbocycles. The number of fused-ring (bicyclic) bond motifs is 1. The standard InChI is InChI=1S/C17H14FN/c18-17-14(12-4-2-1-3-5-12)8-9-16-15(17)10-11-19(16)13-6-7-13/h1-5,8-11,13H,6-7H2. The van der Waals surface area contributed by atoms with E-state index in [4.69, 9.17) is 0 Å². The van der Waals surface area contributed by atoms with Gasteiger partial charge in [-0.25, -0.2) is 4.39 Å². The first kappa shape index (κ1) is 10.8. The van der Waals surface area contributed by atoms with Crippen molar-refractivity contribution in [3.63, 3.8) is 0 Å². The second kappa shape index (κ2) is 3.95. The molecule has 0 spiro atoms. The summed E-state index contributed by atoms with van der Waals surface area (Å²) >= 11 is 0. The van der Waals surface area contributed by atoms with E-state index in [1.54, 1.807) is 0 Å². The maximum absolute atomic E-state index is 14.6. The van der Waals surface area contributed by atoms with Gasteiger partial charge in [-0.3, -0.25) is 0 Å². The number of hydrogen-bond acceptors (Lipinski definition) is 0. The van der Waals surface area contributed by atoms with Gasteiger partial charge in [0, 0.05) is 23.2 Å². The first-order valence-corrected chi connectivity index (χ1v) is 6.69. The minimum absolute atomic E-state index is 0.108. The summed E-state index contributed by atoms with van der Waals surface area (Å²) in [5.74, 6) is -0.108. The molecule has 0 unspecified atom stereocenters. The van der Waals surface area contributed by atoms with Crippen molar-refractivity contribution in [3.05, 3.63) is 60.5 Å². The van der Waals surface area contributed by atoms with Crippen molar-refractivity contribution in [1.82, 2.24) is 4.57 Å². The predicted molar refractivity (Wildman–Crippen MR) is 75.6 cm³/mol. The van der Waals surface area contributed by atoms with Crippen LogP contribution in [0.3, 0.4) is 0 Å². The van der Waals surface area contributed by atoms with Gasteiger partial charge in [-0.15, -0.1) is 0 Å². The molecule has 0 bridgehead atoms. The monoisotopic (exact) mass is 251 g/mol. The molecule has 1 nitrogen and oxygen atoms in total. The van der Waals surface area contributed by atoms with E-state index in [0.717, 1.165) is 16.5 Å². The van der Waals surface area contributed by atoms with Crippen molar-refractivity contribution < 1.29 is 4.39 Å². The molecule has 0 amide bonds. The van der Waals surface area contributed by atoms with Crippen molar-refractivity contribution in [2.75, 3.05) is 0 Å². The third-order valence-corrected chi connectivity index (χ3v) is 3.86. The highest BCUT2D eigenvalue weighted by Crippen LogP contribution is 2.39. The molecule has 0 N–H and O–H groups in total. The highest BCUT2D eigenvalue weighted by molar-refractivity contribution is 5.86. The van der Waals surface area contributed by atoms with Crippen LogP contribution < -0.4 is 0 Å². The van der Waals surface area contributed by atoms with Crippen molar-refractivity contribution in [2.45, 2.75) is 18.9 Å². The van der Waals surface area contributed by atoms with Crippen LogP contribution in [0.5, 0.6) is 0 Å². The molecule has 2 heteroatoms. The summed E-state index contributed by atoms with van der Waals surface area (Å²) in [4.78, 5) is 0. The van der Waals surface area contributed by atoms with Crippen LogP contribution in [0.2, 0.25) is 0 Å². The van der Waals surface area contributed by atoms with Crippen LogP contribution in [0.15, 0.2) is 54.7 Å². The average Bonchev–Trinajstić information content (AvgIpc) is 3.20. The fourth-order valence-electron chi connectivity index (χ4n) is 2.71. The zero-order valence-electron chi connectivity index (χ0n) is 10.5. The molecular weight excluding hydrogens is 237 g/mol. The zero-order chi connectivity index (χ0) is 12.8. The van der Waals surface area contributed by atoms with Gasteiger partial charge in [0.1, 0.15) is 5.82 Å². The normalized spacial score (nSPS) is 15.0. The van der Waals surface area contributed by atoms with Gasteiger partial charge in [0.15, 0.2) is 0 Å². The molecule has 2 aromatic carbocycles. The van der Waals surface area contributed by atoms with Crippen molar-refractivity contribution in [3.8, 4) is 11.1 Å². The fourth-order valence-corrected chi connectivity index (χ4v) is 2.71. The van der Waals surface area contributed by atoms with Gasteiger partial charge in [0.05, 0.1) is 5.52 Å². The van der Waals surface area contributed by atoms with Crippen LogP contribution in [0.1, 0.15) is 18.9 Å². The van der Waals surface area contributed by atoms with E-state index in [-0.39, 0.29) is 5.82 Å². The number of hydrogen-bond donors (Lipinski definition) is 0. The van der Waals surface area contributed by atoms with E-state index in [1.165, 1.54) is 12.8 Å². The lowest BCUT2D eigenvalue weighted by Gasteiger charge is -2.07. The molecule has 0 saturated heterocycles. The lowest BCUT2D eigenvalue weighted by molar-refractivity contribution is 0.643. The number of aromatic nitrogens is 1. The Hall–Kier alpha value is -2.09. The first-order valence-electron chi connectivity index (χ1n) is 6.69. The van der Waals surface area contributed by atoms with Crippen LogP contribution in [0.25, 0.3) is 22.0 Å². The van der Waals surface area contributed by atoms with Crippen LogP contribution in [0, 0.1) is 5.82 Å². The summed E-state index contributed by atoms with van der Waals surface area (Å²) in [6, 6.07) is 16.1. The predicted octanol–water partition coefficient (Wildman–Crippen LogP) is 4.78.